The maximum absolute atomic E-state index is 13.6. The van der Waals surface area contributed by atoms with Crippen LogP contribution in [0.5, 0.6) is 0 Å². The van der Waals surface area contributed by atoms with Gasteiger partial charge in [0.25, 0.3) is 0 Å². The average molecular weight is 462 g/mol. The molecule has 5 nitrogen and oxygen atoms in total. The lowest BCUT2D eigenvalue weighted by atomic mass is 9.69. The molecule has 2 aromatic rings. The molecule has 2 N–H and O–H groups in total. The molecule has 170 valence electrons. The molecule has 6 heteroatoms. The van der Waals surface area contributed by atoms with Crippen LogP contribution < -0.4 is 10.6 Å². The number of benzene rings is 1. The molecule has 2 heterocycles. The Labute approximate surface area is 199 Å². The Morgan fingerprint density at radius 1 is 1.09 bits per heavy atom. The first-order valence-corrected chi connectivity index (χ1v) is 12.1. The number of carbonyl (C=O) groups excluding carboxylic acids is 2. The van der Waals surface area contributed by atoms with Gasteiger partial charge < -0.3 is 10.6 Å². The van der Waals surface area contributed by atoms with Crippen LogP contribution in [0.2, 0.25) is 5.02 Å². The number of halogens is 1. The molecule has 1 fully saturated rings. The van der Waals surface area contributed by atoms with Crippen molar-refractivity contribution in [3.8, 4) is 0 Å². The minimum atomic E-state index is -0.574. The van der Waals surface area contributed by atoms with Crippen LogP contribution in [-0.2, 0) is 9.59 Å². The second kappa shape index (κ2) is 9.14. The topological polar surface area (TPSA) is 71.1 Å². The fourth-order valence-corrected chi connectivity index (χ4v) is 5.70. The number of allylic oxidation sites excluding steroid dienone is 2. The zero-order valence-corrected chi connectivity index (χ0v) is 19.3. The summed E-state index contributed by atoms with van der Waals surface area (Å²) in [6.07, 6.45) is 7.08. The highest BCUT2D eigenvalue weighted by Crippen LogP contribution is 2.46. The van der Waals surface area contributed by atoms with E-state index < -0.39 is 11.8 Å². The van der Waals surface area contributed by atoms with Crippen molar-refractivity contribution in [3.63, 3.8) is 0 Å². The van der Waals surface area contributed by atoms with Gasteiger partial charge in [-0.3, -0.25) is 14.6 Å². The average Bonchev–Trinajstić information content (AvgIpc) is 3.32. The van der Waals surface area contributed by atoms with Gasteiger partial charge in [0.2, 0.25) is 5.91 Å². The summed E-state index contributed by atoms with van der Waals surface area (Å²) in [5.41, 5.74) is 3.99. The number of carbonyl (C=O) groups is 2. The fraction of sp³-hybridized carbons (Fsp3) is 0.370. The van der Waals surface area contributed by atoms with Gasteiger partial charge in [0.05, 0.1) is 5.92 Å². The number of aromatic nitrogens is 1. The summed E-state index contributed by atoms with van der Waals surface area (Å²) in [4.78, 5) is 31.6. The number of amides is 1. The minimum absolute atomic E-state index is 0.0575. The number of hydrogen-bond donors (Lipinski definition) is 2. The SMILES string of the molecule is C=C1NC2=C(C(=O)CC(c3ccc(Cl)cc3)C2)C(c2ccccn2)C1C(=O)NC1CCCC1. The van der Waals surface area contributed by atoms with Gasteiger partial charge in [-0.15, -0.1) is 0 Å². The van der Waals surface area contributed by atoms with Crippen molar-refractivity contribution >= 4 is 23.3 Å². The number of ketones is 1. The van der Waals surface area contributed by atoms with E-state index >= 15 is 0 Å². The molecule has 1 aliphatic heterocycles. The first kappa shape index (κ1) is 21.9. The minimum Gasteiger partial charge on any atom is -0.362 e. The highest BCUT2D eigenvalue weighted by molar-refractivity contribution is 6.30. The molecule has 1 amide bonds. The van der Waals surface area contributed by atoms with Crippen molar-refractivity contribution in [1.29, 1.82) is 0 Å². The second-order valence-electron chi connectivity index (χ2n) is 9.32. The Morgan fingerprint density at radius 2 is 1.85 bits per heavy atom. The molecule has 33 heavy (non-hydrogen) atoms. The molecular formula is C27H28ClN3O2. The van der Waals surface area contributed by atoms with E-state index in [0.717, 1.165) is 42.6 Å². The highest BCUT2D eigenvalue weighted by Gasteiger charge is 2.45. The molecule has 0 saturated heterocycles. The summed E-state index contributed by atoms with van der Waals surface area (Å²) in [7, 11) is 0. The predicted octanol–water partition coefficient (Wildman–Crippen LogP) is 5.01. The predicted molar refractivity (Wildman–Crippen MR) is 129 cm³/mol. The van der Waals surface area contributed by atoms with E-state index in [9.17, 15) is 9.59 Å². The number of rotatable bonds is 4. The summed E-state index contributed by atoms with van der Waals surface area (Å²) >= 11 is 6.06. The van der Waals surface area contributed by atoms with Crippen LogP contribution in [0, 0.1) is 5.92 Å². The molecule has 3 unspecified atom stereocenters. The molecule has 3 aliphatic rings. The summed E-state index contributed by atoms with van der Waals surface area (Å²) in [6.45, 7) is 4.23. The van der Waals surface area contributed by atoms with E-state index in [1.807, 2.05) is 42.5 Å². The third kappa shape index (κ3) is 4.34. The molecule has 3 atom stereocenters. The van der Waals surface area contributed by atoms with E-state index in [2.05, 4.69) is 22.2 Å². The lowest BCUT2D eigenvalue weighted by Gasteiger charge is -2.40. The van der Waals surface area contributed by atoms with E-state index in [1.54, 1.807) is 6.20 Å². The summed E-state index contributed by atoms with van der Waals surface area (Å²) < 4.78 is 0. The number of Topliss-reactive ketones (excluding diaryl/α,β-unsaturated/α-hetero) is 1. The van der Waals surface area contributed by atoms with E-state index in [1.165, 1.54) is 0 Å². The zero-order valence-electron chi connectivity index (χ0n) is 18.5. The summed E-state index contributed by atoms with van der Waals surface area (Å²) in [6, 6.07) is 13.5. The van der Waals surface area contributed by atoms with Crippen LogP contribution >= 0.6 is 11.6 Å². The number of pyridine rings is 1. The number of hydrogen-bond acceptors (Lipinski definition) is 4. The van der Waals surface area contributed by atoms with Crippen LogP contribution in [0.25, 0.3) is 0 Å². The Bertz CT molecular complexity index is 1100. The van der Waals surface area contributed by atoms with Gasteiger partial charge in [0, 0.05) is 52.3 Å². The molecule has 0 spiro atoms. The standard InChI is InChI=1S/C27H28ClN3O2/c1-16-24(27(33)31-20-6-2-3-7-20)26(21-8-4-5-13-29-21)25-22(30-16)14-18(15-23(25)32)17-9-11-19(28)12-10-17/h4-5,8-13,18,20,24,26,30H,1-3,6-7,14-15H2,(H,31,33). The normalized spacial score (nSPS) is 25.5. The van der Waals surface area contributed by atoms with Gasteiger partial charge in [0.1, 0.15) is 0 Å². The van der Waals surface area contributed by atoms with Crippen LogP contribution in [-0.4, -0.2) is 22.7 Å². The Hall–Kier alpha value is -2.92. The van der Waals surface area contributed by atoms with E-state index in [4.69, 9.17) is 11.6 Å². The van der Waals surface area contributed by atoms with Crippen molar-refractivity contribution in [2.45, 2.75) is 56.4 Å². The molecule has 2 aliphatic carbocycles. The van der Waals surface area contributed by atoms with Crippen LogP contribution in [0.3, 0.4) is 0 Å². The molecule has 1 saturated carbocycles. The first-order valence-electron chi connectivity index (χ1n) is 11.7. The van der Waals surface area contributed by atoms with Gasteiger partial charge in [0.15, 0.2) is 5.78 Å². The molecule has 0 bridgehead atoms. The monoisotopic (exact) mass is 461 g/mol. The van der Waals surface area contributed by atoms with Gasteiger partial charge in [-0.05, 0) is 55.0 Å². The Kier molecular flexibility index (Phi) is 6.07. The van der Waals surface area contributed by atoms with Crippen molar-refractivity contribution in [2.24, 2.45) is 5.92 Å². The van der Waals surface area contributed by atoms with Crippen molar-refractivity contribution < 1.29 is 9.59 Å². The molecule has 1 aromatic heterocycles. The number of nitrogens with one attached hydrogen (secondary N) is 2. The zero-order chi connectivity index (χ0) is 22.9. The van der Waals surface area contributed by atoms with Crippen molar-refractivity contribution in [2.75, 3.05) is 0 Å². The summed E-state index contributed by atoms with van der Waals surface area (Å²) in [5.74, 6) is -0.966. The third-order valence-corrected chi connectivity index (χ3v) is 7.42. The Balaban J connectivity index is 1.51. The maximum atomic E-state index is 13.6. The molecular weight excluding hydrogens is 434 g/mol. The quantitative estimate of drug-likeness (QED) is 0.671. The van der Waals surface area contributed by atoms with Gasteiger partial charge >= 0.3 is 0 Å². The highest BCUT2D eigenvalue weighted by atomic mass is 35.5. The maximum Gasteiger partial charge on any atom is 0.230 e. The molecule has 5 rings (SSSR count). The van der Waals surface area contributed by atoms with Crippen LogP contribution in [0.1, 0.15) is 61.6 Å². The smallest absolute Gasteiger partial charge is 0.230 e. The van der Waals surface area contributed by atoms with Crippen LogP contribution in [0.4, 0.5) is 0 Å². The van der Waals surface area contributed by atoms with Crippen molar-refractivity contribution in [3.05, 3.63) is 88.5 Å². The fourth-order valence-electron chi connectivity index (χ4n) is 5.57. The van der Waals surface area contributed by atoms with Crippen molar-refractivity contribution in [1.82, 2.24) is 15.6 Å². The molecule has 1 aromatic carbocycles. The van der Waals surface area contributed by atoms with E-state index in [0.29, 0.717) is 29.1 Å². The van der Waals surface area contributed by atoms with E-state index in [-0.39, 0.29) is 23.7 Å². The van der Waals surface area contributed by atoms with Gasteiger partial charge in [-0.1, -0.05) is 49.2 Å². The first-order chi connectivity index (χ1) is 16.0. The van der Waals surface area contributed by atoms with Gasteiger partial charge in [-0.2, -0.15) is 0 Å². The lowest BCUT2D eigenvalue weighted by molar-refractivity contribution is -0.125. The second-order valence-corrected chi connectivity index (χ2v) is 9.76. The Morgan fingerprint density at radius 3 is 2.55 bits per heavy atom. The van der Waals surface area contributed by atoms with Crippen LogP contribution in [0.15, 0.2) is 72.2 Å². The number of nitrogens with zero attached hydrogens (tertiary/aromatic N) is 1. The third-order valence-electron chi connectivity index (χ3n) is 7.17. The van der Waals surface area contributed by atoms with Gasteiger partial charge in [-0.25, -0.2) is 0 Å². The molecule has 0 radical (unpaired) electrons. The summed E-state index contributed by atoms with van der Waals surface area (Å²) in [5, 5.41) is 7.26. The largest absolute Gasteiger partial charge is 0.362 e. The lowest BCUT2D eigenvalue weighted by Crippen LogP contribution is -2.47.